The Morgan fingerprint density at radius 1 is 1.47 bits per heavy atom. The molecule has 0 heterocycles. The van der Waals surface area contributed by atoms with E-state index in [1.54, 1.807) is 11.8 Å². The zero-order valence-electron chi connectivity index (χ0n) is 10.7. The van der Waals surface area contributed by atoms with E-state index in [0.717, 1.165) is 11.8 Å². The van der Waals surface area contributed by atoms with Gasteiger partial charge in [0.25, 0.3) is 0 Å². The average molecular weight is 314 g/mol. The Morgan fingerprint density at radius 2 is 2.00 bits per heavy atom. The molecule has 0 aromatic rings. The first-order valence-electron chi connectivity index (χ1n) is 5.43. The van der Waals surface area contributed by atoms with E-state index in [1.165, 1.54) is 0 Å². The fourth-order valence-corrected chi connectivity index (χ4v) is 1.46. The summed E-state index contributed by atoms with van der Waals surface area (Å²) in [5, 5.41) is 28.3. The van der Waals surface area contributed by atoms with E-state index in [1.807, 2.05) is 6.26 Å². The second-order valence-electron chi connectivity index (χ2n) is 3.43. The third kappa shape index (κ3) is 15.2. The molecule has 1 unspecified atom stereocenters. The molecule has 0 bridgehead atoms. The molecular weight excluding hydrogens is 294 g/mol. The Labute approximate surface area is 121 Å². The van der Waals surface area contributed by atoms with Gasteiger partial charge in [-0.3, -0.25) is 4.79 Å². The summed E-state index contributed by atoms with van der Waals surface area (Å²) in [5.41, 5.74) is 0. The fourth-order valence-electron chi connectivity index (χ4n) is 0.881. The average Bonchev–Trinajstić information content (AvgIpc) is 2.38. The molecule has 0 aromatic heterocycles. The molecule has 0 aliphatic heterocycles. The Morgan fingerprint density at radius 3 is 2.32 bits per heavy atom. The van der Waals surface area contributed by atoms with Crippen molar-refractivity contribution in [3.8, 4) is 0 Å². The number of aliphatic hydroxyl groups is 1. The Kier molecular flexibility index (Phi) is 14.8. The van der Waals surface area contributed by atoms with Crippen molar-refractivity contribution in [2.45, 2.75) is 18.6 Å². The lowest BCUT2D eigenvalue weighted by Crippen LogP contribution is -2.41. The van der Waals surface area contributed by atoms with E-state index in [0.29, 0.717) is 6.42 Å². The number of carbonyl (C=O) groups is 2. The highest BCUT2D eigenvalue weighted by molar-refractivity contribution is 7.98. The number of halogens is 1. The molecule has 0 aromatic carbocycles. The molecule has 0 fully saturated rings. The highest BCUT2D eigenvalue weighted by Gasteiger charge is 2.16. The van der Waals surface area contributed by atoms with E-state index in [2.05, 4.69) is 11.9 Å². The first-order chi connectivity index (χ1) is 8.88. The van der Waals surface area contributed by atoms with E-state index in [9.17, 15) is 9.59 Å². The van der Waals surface area contributed by atoms with Crippen molar-refractivity contribution in [3.63, 3.8) is 0 Å². The van der Waals surface area contributed by atoms with Crippen molar-refractivity contribution in [3.05, 3.63) is 12.7 Å². The predicted octanol–water partition coefficient (Wildman–Crippen LogP) is 0.639. The van der Waals surface area contributed by atoms with Gasteiger partial charge >= 0.3 is 11.9 Å². The summed E-state index contributed by atoms with van der Waals surface area (Å²) >= 11 is 6.97. The molecule has 0 amide bonds. The van der Waals surface area contributed by atoms with Crippen LogP contribution in [0.1, 0.15) is 6.42 Å². The number of carboxylic acid groups (broad SMARTS) is 2. The van der Waals surface area contributed by atoms with Gasteiger partial charge in [0.05, 0.1) is 6.10 Å². The van der Waals surface area contributed by atoms with Crippen LogP contribution in [-0.4, -0.2) is 63.8 Å². The lowest BCUT2D eigenvalue weighted by molar-refractivity contribution is -0.139. The summed E-state index contributed by atoms with van der Waals surface area (Å²) in [6.07, 6.45) is 2.62. The molecular formula is C11H20ClNO5S. The van der Waals surface area contributed by atoms with Gasteiger partial charge in [-0.1, -0.05) is 6.58 Å². The number of rotatable bonds is 9. The van der Waals surface area contributed by atoms with Gasteiger partial charge in [0.15, 0.2) is 0 Å². The highest BCUT2D eigenvalue weighted by Crippen LogP contribution is 2.01. The quantitative estimate of drug-likeness (QED) is 0.365. The monoisotopic (exact) mass is 313 g/mol. The molecule has 0 radical (unpaired) electrons. The van der Waals surface area contributed by atoms with Gasteiger partial charge in [0.1, 0.15) is 6.04 Å². The summed E-state index contributed by atoms with van der Waals surface area (Å²) in [6, 6.07) is -0.597. The molecule has 19 heavy (non-hydrogen) atoms. The molecule has 0 saturated heterocycles. The molecule has 0 rings (SSSR count). The summed E-state index contributed by atoms with van der Waals surface area (Å²) in [7, 11) is 0. The first-order valence-corrected chi connectivity index (χ1v) is 7.36. The van der Waals surface area contributed by atoms with Crippen molar-refractivity contribution in [1.82, 2.24) is 5.32 Å². The molecule has 112 valence electrons. The zero-order chi connectivity index (χ0) is 15.3. The summed E-state index contributed by atoms with van der Waals surface area (Å²) in [5.74, 6) is -0.978. The van der Waals surface area contributed by atoms with E-state index in [4.69, 9.17) is 26.9 Å². The molecule has 6 nitrogen and oxygen atoms in total. The van der Waals surface area contributed by atoms with Gasteiger partial charge in [0.2, 0.25) is 0 Å². The molecule has 0 spiro atoms. The van der Waals surface area contributed by atoms with Crippen LogP contribution < -0.4 is 5.32 Å². The minimum absolute atomic E-state index is 0.113. The fraction of sp³-hybridized carbons (Fsp3) is 0.636. The van der Waals surface area contributed by atoms with Gasteiger partial charge in [-0.2, -0.15) is 11.8 Å². The lowest BCUT2D eigenvalue weighted by Gasteiger charge is -2.15. The van der Waals surface area contributed by atoms with Crippen LogP contribution in [0.25, 0.3) is 0 Å². The highest BCUT2D eigenvalue weighted by atomic mass is 35.5. The normalized spacial score (nSPS) is 12.8. The summed E-state index contributed by atoms with van der Waals surface area (Å²) < 4.78 is 0. The van der Waals surface area contributed by atoms with Crippen LogP contribution in [0.15, 0.2) is 12.7 Å². The van der Waals surface area contributed by atoms with Crippen molar-refractivity contribution in [1.29, 1.82) is 0 Å². The molecule has 2 atom stereocenters. The van der Waals surface area contributed by atoms with E-state index < -0.39 is 24.1 Å². The van der Waals surface area contributed by atoms with Gasteiger partial charge in [-0.05, 0) is 18.4 Å². The minimum atomic E-state index is -0.981. The van der Waals surface area contributed by atoms with Crippen LogP contribution in [0, 0.1) is 0 Å². The van der Waals surface area contributed by atoms with Crippen LogP contribution >= 0.6 is 23.4 Å². The van der Waals surface area contributed by atoms with E-state index in [-0.39, 0.29) is 12.4 Å². The summed E-state index contributed by atoms with van der Waals surface area (Å²) in [4.78, 5) is 20.0. The van der Waals surface area contributed by atoms with Gasteiger partial charge in [0, 0.05) is 18.5 Å². The largest absolute Gasteiger partial charge is 0.480 e. The maximum atomic E-state index is 10.7. The lowest BCUT2D eigenvalue weighted by atomic mass is 10.2. The molecule has 8 heteroatoms. The number of nitrogens with one attached hydrogen (secondary N) is 1. The topological polar surface area (TPSA) is 107 Å². The maximum absolute atomic E-state index is 10.7. The Hall–Kier alpha value is -0.760. The predicted molar refractivity (Wildman–Crippen MR) is 77.0 cm³/mol. The number of carboxylic acids is 2. The van der Waals surface area contributed by atoms with Crippen LogP contribution in [0.2, 0.25) is 0 Å². The van der Waals surface area contributed by atoms with Crippen LogP contribution in [0.5, 0.6) is 0 Å². The first kappa shape index (κ1) is 20.6. The molecule has 0 saturated carbocycles. The van der Waals surface area contributed by atoms with Crippen molar-refractivity contribution >= 4 is 35.3 Å². The smallest absolute Gasteiger partial charge is 0.327 e. The second-order valence-corrected chi connectivity index (χ2v) is 4.73. The van der Waals surface area contributed by atoms with Gasteiger partial charge in [-0.25, -0.2) is 4.79 Å². The number of hydrogen-bond acceptors (Lipinski definition) is 5. The van der Waals surface area contributed by atoms with Crippen molar-refractivity contribution in [2.75, 3.05) is 24.4 Å². The Bertz CT molecular complexity index is 278. The maximum Gasteiger partial charge on any atom is 0.327 e. The number of alkyl halides is 1. The Balaban J connectivity index is 0. The third-order valence-corrected chi connectivity index (χ3v) is 2.86. The minimum Gasteiger partial charge on any atom is -0.480 e. The van der Waals surface area contributed by atoms with Crippen molar-refractivity contribution in [2.24, 2.45) is 0 Å². The molecule has 0 aliphatic carbocycles. The summed E-state index contributed by atoms with van der Waals surface area (Å²) in [6.45, 7) is 3.18. The van der Waals surface area contributed by atoms with Crippen molar-refractivity contribution < 1.29 is 24.9 Å². The molecule has 4 N–H and O–H groups in total. The third-order valence-electron chi connectivity index (χ3n) is 1.86. The van der Waals surface area contributed by atoms with Crippen LogP contribution in [-0.2, 0) is 9.59 Å². The second kappa shape index (κ2) is 13.7. The van der Waals surface area contributed by atoms with E-state index >= 15 is 0 Å². The number of aliphatic carboxylic acids is 2. The standard InChI is InChI=1S/C8H16ClNO3S.C3H4O2/c1-14-3-2-7(8(12)13)10-5-6(11)4-9;1-2-3(4)5/h6-7,10-11H,2-5H2,1H3,(H,12,13);2H,1H2,(H,4,5)/t6?,7-;/m0./s1. The number of hydrogen-bond donors (Lipinski definition) is 4. The molecule has 0 aliphatic rings. The zero-order valence-corrected chi connectivity index (χ0v) is 12.3. The van der Waals surface area contributed by atoms with Gasteiger partial charge < -0.3 is 20.6 Å². The van der Waals surface area contributed by atoms with Crippen LogP contribution in [0.4, 0.5) is 0 Å². The van der Waals surface area contributed by atoms with Crippen LogP contribution in [0.3, 0.4) is 0 Å². The SMILES string of the molecule is C=CC(=O)O.CSCC[C@H](NCC(O)CCl)C(=O)O. The number of thioether (sulfide) groups is 1. The number of aliphatic hydroxyl groups excluding tert-OH is 1. The van der Waals surface area contributed by atoms with Gasteiger partial charge in [-0.15, -0.1) is 11.6 Å².